The zero-order valence-electron chi connectivity index (χ0n) is 20.7. The Bertz CT molecular complexity index is 2090. The van der Waals surface area contributed by atoms with Crippen molar-refractivity contribution in [2.75, 3.05) is 11.6 Å². The predicted octanol–water partition coefficient (Wildman–Crippen LogP) is 4.72. The smallest absolute Gasteiger partial charge is 0.287 e. The highest BCUT2D eigenvalue weighted by atomic mass is 32.2. The Balaban J connectivity index is 1.57. The van der Waals surface area contributed by atoms with Crippen LogP contribution in [-0.2, 0) is 19.9 Å². The van der Waals surface area contributed by atoms with Gasteiger partial charge in [0, 0.05) is 11.8 Å². The van der Waals surface area contributed by atoms with E-state index in [1.807, 2.05) is 12.1 Å². The SMILES string of the molecule is CS(=O)(=O)c1ccccc1-n1ncc(C#N)c1N=Nc1c(-c2ccccc2)nn2c1Nc1ccccc1S2(=O)=O. The molecule has 0 saturated heterocycles. The van der Waals surface area contributed by atoms with Crippen LogP contribution in [0.2, 0.25) is 0 Å². The lowest BCUT2D eigenvalue weighted by molar-refractivity contribution is 0.580. The number of anilines is 2. The maximum absolute atomic E-state index is 13.5. The standard InChI is InChI=1S/C26H18N8O4S2/c1-39(35,36)22-14-8-6-12-20(22)33-25(18(15-27)16-28-33)31-30-24-23(17-9-3-2-4-10-17)32-34-26(24)29-19-11-5-7-13-21(19)40(34,37)38/h2-14,16,29H,1H3. The van der Waals surface area contributed by atoms with E-state index >= 15 is 0 Å². The number of hydrogen-bond donors (Lipinski definition) is 1. The van der Waals surface area contributed by atoms with Crippen LogP contribution in [0.5, 0.6) is 0 Å². The lowest BCUT2D eigenvalue weighted by Crippen LogP contribution is -2.22. The molecule has 1 N–H and O–H groups in total. The molecule has 0 spiro atoms. The van der Waals surface area contributed by atoms with Gasteiger partial charge in [-0.15, -0.1) is 14.3 Å². The van der Waals surface area contributed by atoms with Crippen LogP contribution in [0.15, 0.2) is 105 Å². The van der Waals surface area contributed by atoms with E-state index in [4.69, 9.17) is 0 Å². The summed E-state index contributed by atoms with van der Waals surface area (Å²) in [5.41, 5.74) is 1.45. The number of nitriles is 1. The maximum Gasteiger partial charge on any atom is 0.287 e. The van der Waals surface area contributed by atoms with Gasteiger partial charge in [0.05, 0.1) is 22.5 Å². The van der Waals surface area contributed by atoms with Gasteiger partial charge in [0.2, 0.25) is 0 Å². The van der Waals surface area contributed by atoms with Gasteiger partial charge in [0.1, 0.15) is 22.2 Å². The normalized spacial score (nSPS) is 13.8. The number of aromatic nitrogens is 4. The Labute approximate surface area is 228 Å². The zero-order valence-corrected chi connectivity index (χ0v) is 22.3. The average Bonchev–Trinajstić information content (AvgIpc) is 3.53. The summed E-state index contributed by atoms with van der Waals surface area (Å²) in [7, 11) is -7.72. The number of hydrogen-bond acceptors (Lipinski definition) is 10. The quantitative estimate of drug-likeness (QED) is 0.291. The third-order valence-electron chi connectivity index (χ3n) is 6.13. The number of nitrogens with zero attached hydrogens (tertiary/aromatic N) is 7. The van der Waals surface area contributed by atoms with Crippen molar-refractivity contribution in [3.05, 3.63) is 90.6 Å². The lowest BCUT2D eigenvalue weighted by Gasteiger charge is -2.19. The van der Waals surface area contributed by atoms with E-state index in [-0.39, 0.29) is 44.1 Å². The van der Waals surface area contributed by atoms with Crippen molar-refractivity contribution in [1.29, 1.82) is 5.26 Å². The first-order valence-corrected chi connectivity index (χ1v) is 15.0. The van der Waals surface area contributed by atoms with Crippen LogP contribution in [0.4, 0.5) is 23.0 Å². The predicted molar refractivity (Wildman–Crippen MR) is 146 cm³/mol. The van der Waals surface area contributed by atoms with E-state index in [9.17, 15) is 22.1 Å². The summed E-state index contributed by atoms with van der Waals surface area (Å²) in [6.45, 7) is 0. The van der Waals surface area contributed by atoms with Gasteiger partial charge in [-0.2, -0.15) is 23.9 Å². The molecule has 5 aromatic rings. The van der Waals surface area contributed by atoms with E-state index in [0.29, 0.717) is 11.3 Å². The Morgan fingerprint density at radius 2 is 1.65 bits per heavy atom. The number of benzene rings is 3. The summed E-state index contributed by atoms with van der Waals surface area (Å²) in [6, 6.07) is 23.4. The first-order chi connectivity index (χ1) is 19.2. The molecule has 3 aromatic carbocycles. The van der Waals surface area contributed by atoms with E-state index in [1.165, 1.54) is 29.1 Å². The van der Waals surface area contributed by atoms with Gasteiger partial charge in [-0.3, -0.25) is 0 Å². The molecule has 0 bridgehead atoms. The summed E-state index contributed by atoms with van der Waals surface area (Å²) < 4.78 is 53.9. The van der Waals surface area contributed by atoms with E-state index in [2.05, 4.69) is 25.7 Å². The third kappa shape index (κ3) is 4.04. The Morgan fingerprint density at radius 3 is 2.40 bits per heavy atom. The molecule has 0 atom stereocenters. The summed E-state index contributed by atoms with van der Waals surface area (Å²) in [6.07, 6.45) is 2.31. The topological polar surface area (TPSA) is 164 Å². The van der Waals surface area contributed by atoms with Crippen molar-refractivity contribution in [1.82, 2.24) is 19.0 Å². The molecule has 198 valence electrons. The molecule has 0 aliphatic carbocycles. The molecule has 0 saturated carbocycles. The van der Waals surface area contributed by atoms with Gasteiger partial charge >= 0.3 is 0 Å². The molecular weight excluding hydrogens is 552 g/mol. The molecule has 1 aliphatic heterocycles. The number of para-hydroxylation sites is 2. The molecule has 3 heterocycles. The first kappa shape index (κ1) is 25.2. The number of rotatable bonds is 5. The molecule has 0 amide bonds. The minimum absolute atomic E-state index is 0.0173. The second-order valence-electron chi connectivity index (χ2n) is 8.73. The van der Waals surface area contributed by atoms with Crippen LogP contribution >= 0.6 is 0 Å². The highest BCUT2D eigenvalue weighted by Gasteiger charge is 2.34. The molecule has 12 nitrogen and oxygen atoms in total. The summed E-state index contributed by atoms with van der Waals surface area (Å²) >= 11 is 0. The number of azo groups is 1. The fourth-order valence-electron chi connectivity index (χ4n) is 4.31. The van der Waals surface area contributed by atoms with Gasteiger partial charge in [-0.25, -0.2) is 13.1 Å². The van der Waals surface area contributed by atoms with Crippen molar-refractivity contribution in [2.45, 2.75) is 9.79 Å². The van der Waals surface area contributed by atoms with Crippen molar-refractivity contribution < 1.29 is 16.8 Å². The molecule has 6 rings (SSSR count). The van der Waals surface area contributed by atoms with Crippen LogP contribution in [0.3, 0.4) is 0 Å². The van der Waals surface area contributed by atoms with Gasteiger partial charge < -0.3 is 5.32 Å². The van der Waals surface area contributed by atoms with E-state index in [0.717, 1.165) is 10.3 Å². The van der Waals surface area contributed by atoms with Crippen LogP contribution < -0.4 is 5.32 Å². The Kier molecular flexibility index (Phi) is 5.82. The minimum atomic E-state index is -4.06. The largest absolute Gasteiger partial charge is 0.336 e. The van der Waals surface area contributed by atoms with Gasteiger partial charge in [0.25, 0.3) is 10.0 Å². The second kappa shape index (κ2) is 9.26. The van der Waals surface area contributed by atoms with Crippen molar-refractivity contribution >= 4 is 42.9 Å². The first-order valence-electron chi connectivity index (χ1n) is 11.7. The Morgan fingerprint density at radius 1 is 0.950 bits per heavy atom. The van der Waals surface area contributed by atoms with Gasteiger partial charge in [-0.1, -0.05) is 54.6 Å². The van der Waals surface area contributed by atoms with E-state index < -0.39 is 19.9 Å². The second-order valence-corrected chi connectivity index (χ2v) is 12.4. The molecule has 0 fully saturated rings. The highest BCUT2D eigenvalue weighted by molar-refractivity contribution is 7.91. The van der Waals surface area contributed by atoms with Crippen LogP contribution in [0, 0.1) is 11.3 Å². The molecule has 14 heteroatoms. The van der Waals surface area contributed by atoms with Gasteiger partial charge in [-0.05, 0) is 24.3 Å². The van der Waals surface area contributed by atoms with Crippen molar-refractivity contribution in [3.63, 3.8) is 0 Å². The zero-order chi connectivity index (χ0) is 28.1. The highest BCUT2D eigenvalue weighted by Crippen LogP contribution is 2.44. The number of fused-ring (bicyclic) bond motifs is 2. The van der Waals surface area contributed by atoms with Crippen molar-refractivity contribution in [3.8, 4) is 23.0 Å². The summed E-state index contributed by atoms with van der Waals surface area (Å²) in [5.74, 6) is 0.0130. The molecular formula is C26H18N8O4S2. The number of sulfone groups is 1. The average molecular weight is 571 g/mol. The fraction of sp³-hybridized carbons (Fsp3) is 0.0385. The summed E-state index contributed by atoms with van der Waals surface area (Å²) in [4.78, 5) is 0.0339. The number of nitrogens with one attached hydrogen (secondary N) is 1. The molecule has 2 aromatic heterocycles. The van der Waals surface area contributed by atoms with E-state index in [1.54, 1.807) is 54.6 Å². The van der Waals surface area contributed by atoms with Gasteiger partial charge in [0.15, 0.2) is 27.2 Å². The van der Waals surface area contributed by atoms with Crippen LogP contribution in [0.25, 0.3) is 16.9 Å². The monoisotopic (exact) mass is 570 g/mol. The lowest BCUT2D eigenvalue weighted by atomic mass is 10.1. The van der Waals surface area contributed by atoms with Crippen molar-refractivity contribution in [2.24, 2.45) is 10.2 Å². The molecule has 0 radical (unpaired) electrons. The van der Waals surface area contributed by atoms with Crippen LogP contribution in [0.1, 0.15) is 5.56 Å². The fourth-order valence-corrected chi connectivity index (χ4v) is 6.56. The minimum Gasteiger partial charge on any atom is -0.336 e. The summed E-state index contributed by atoms with van der Waals surface area (Å²) in [5, 5.41) is 30.1. The molecule has 1 aliphatic rings. The molecule has 0 unspecified atom stereocenters. The maximum atomic E-state index is 13.5. The van der Waals surface area contributed by atoms with Crippen LogP contribution in [-0.4, -0.2) is 42.1 Å². The Hall–Kier alpha value is -5.13. The third-order valence-corrected chi connectivity index (χ3v) is 8.90. The molecule has 40 heavy (non-hydrogen) atoms.